The molecule has 4 heteroatoms. The number of nitrogens with zero attached hydrogens (tertiary/aromatic N) is 1. The van der Waals surface area contributed by atoms with Crippen molar-refractivity contribution in [2.24, 2.45) is 11.5 Å². The molecule has 4 nitrogen and oxygen atoms in total. The lowest BCUT2D eigenvalue weighted by Gasteiger charge is -2.34. The molecule has 5 N–H and O–H groups in total. The number of piperidine rings is 1. The van der Waals surface area contributed by atoms with E-state index in [9.17, 15) is 5.11 Å². The van der Waals surface area contributed by atoms with Crippen LogP contribution >= 0.6 is 0 Å². The molecule has 1 unspecified atom stereocenters. The molecule has 1 aliphatic heterocycles. The summed E-state index contributed by atoms with van der Waals surface area (Å²) in [5.74, 6) is 0. The molecule has 1 heterocycles. The van der Waals surface area contributed by atoms with Crippen LogP contribution in [0.25, 0.3) is 0 Å². The lowest BCUT2D eigenvalue weighted by Crippen LogP contribution is -2.44. The molecule has 0 spiro atoms. The van der Waals surface area contributed by atoms with Gasteiger partial charge in [-0.2, -0.15) is 0 Å². The van der Waals surface area contributed by atoms with Crippen LogP contribution in [0.2, 0.25) is 0 Å². The van der Waals surface area contributed by atoms with E-state index in [0.29, 0.717) is 12.6 Å². The highest BCUT2D eigenvalue weighted by Gasteiger charge is 2.19. The van der Waals surface area contributed by atoms with Crippen LogP contribution in [0.4, 0.5) is 0 Å². The molecular formula is C10H25N3O. The number of β-amino-alcohol motifs (C(OH)–C–C–N with tert-alkyl or cyclic N) is 1. The molecule has 0 aromatic heterocycles. The fourth-order valence-electron chi connectivity index (χ4n) is 1.77. The lowest BCUT2D eigenvalue weighted by molar-refractivity contribution is 0.0779. The molecule has 0 aromatic carbocycles. The van der Waals surface area contributed by atoms with Gasteiger partial charge in [0.2, 0.25) is 0 Å². The van der Waals surface area contributed by atoms with Crippen LogP contribution in [0.5, 0.6) is 0 Å². The molecule has 86 valence electrons. The summed E-state index contributed by atoms with van der Waals surface area (Å²) in [6.07, 6.45) is 3.51. The van der Waals surface area contributed by atoms with E-state index in [0.717, 1.165) is 13.1 Å². The van der Waals surface area contributed by atoms with Gasteiger partial charge in [0, 0.05) is 19.1 Å². The first kappa shape index (κ1) is 13.8. The second kappa shape index (κ2) is 8.17. The minimum atomic E-state index is -0.342. The molecule has 1 aliphatic rings. The zero-order chi connectivity index (χ0) is 11.0. The molecule has 0 bridgehead atoms. The largest absolute Gasteiger partial charge is 0.390 e. The summed E-state index contributed by atoms with van der Waals surface area (Å²) in [7, 11) is 1.50. The van der Waals surface area contributed by atoms with Gasteiger partial charge in [-0.1, -0.05) is 6.42 Å². The monoisotopic (exact) mass is 203 g/mol. The Bertz CT molecular complexity index is 133. The maximum atomic E-state index is 9.36. The Labute approximate surface area is 87.3 Å². The van der Waals surface area contributed by atoms with Gasteiger partial charge in [0.25, 0.3) is 0 Å². The molecule has 0 aliphatic carbocycles. The van der Waals surface area contributed by atoms with Crippen LogP contribution < -0.4 is 11.5 Å². The third-order valence-electron chi connectivity index (χ3n) is 2.66. The van der Waals surface area contributed by atoms with Crippen LogP contribution in [-0.4, -0.2) is 48.8 Å². The first-order chi connectivity index (χ1) is 6.74. The van der Waals surface area contributed by atoms with Crippen molar-refractivity contribution in [1.82, 2.24) is 4.90 Å². The minimum absolute atomic E-state index is 0.342. The van der Waals surface area contributed by atoms with Gasteiger partial charge in [0.15, 0.2) is 0 Å². The van der Waals surface area contributed by atoms with E-state index in [1.807, 2.05) is 0 Å². The van der Waals surface area contributed by atoms with Crippen molar-refractivity contribution >= 4 is 0 Å². The van der Waals surface area contributed by atoms with Crippen LogP contribution in [0.3, 0.4) is 0 Å². The van der Waals surface area contributed by atoms with Crippen LogP contribution in [0, 0.1) is 0 Å². The van der Waals surface area contributed by atoms with Crippen molar-refractivity contribution < 1.29 is 5.11 Å². The van der Waals surface area contributed by atoms with Gasteiger partial charge in [-0.15, -0.1) is 0 Å². The second-order valence-corrected chi connectivity index (χ2v) is 3.73. The van der Waals surface area contributed by atoms with Gasteiger partial charge in [0.1, 0.15) is 0 Å². The third-order valence-corrected chi connectivity index (χ3v) is 2.66. The van der Waals surface area contributed by atoms with E-state index in [-0.39, 0.29) is 6.10 Å². The number of likely N-dealkylation sites (tertiary alicyclic amines) is 1. The third kappa shape index (κ3) is 4.91. The van der Waals surface area contributed by atoms with Gasteiger partial charge < -0.3 is 16.6 Å². The molecule has 2 atom stereocenters. The van der Waals surface area contributed by atoms with Crippen molar-refractivity contribution in [3.05, 3.63) is 0 Å². The Balaban J connectivity index is 0.000000791. The van der Waals surface area contributed by atoms with E-state index in [4.69, 9.17) is 5.73 Å². The highest BCUT2D eigenvalue weighted by atomic mass is 16.3. The van der Waals surface area contributed by atoms with Gasteiger partial charge >= 0.3 is 0 Å². The number of rotatable bonds is 3. The Morgan fingerprint density at radius 3 is 2.57 bits per heavy atom. The molecule has 0 radical (unpaired) electrons. The number of nitrogens with two attached hydrogens (primary N) is 2. The average molecular weight is 203 g/mol. The van der Waals surface area contributed by atoms with Crippen LogP contribution in [0.15, 0.2) is 0 Å². The summed E-state index contributed by atoms with van der Waals surface area (Å²) in [6.45, 7) is 4.47. The first-order valence-corrected chi connectivity index (χ1v) is 5.44. The molecule has 0 saturated carbocycles. The zero-order valence-corrected chi connectivity index (χ0v) is 9.45. The first-order valence-electron chi connectivity index (χ1n) is 5.44. The number of aliphatic hydroxyl groups is 1. The minimum Gasteiger partial charge on any atom is -0.390 e. The highest BCUT2D eigenvalue weighted by Crippen LogP contribution is 2.15. The molecule has 1 saturated heterocycles. The van der Waals surface area contributed by atoms with Crippen molar-refractivity contribution in [3.63, 3.8) is 0 Å². The maximum Gasteiger partial charge on any atom is 0.0789 e. The molecular weight excluding hydrogens is 178 g/mol. The molecule has 1 fully saturated rings. The predicted octanol–water partition coefficient (Wildman–Crippen LogP) is -0.245. The molecule has 0 amide bonds. The Morgan fingerprint density at radius 2 is 2.07 bits per heavy atom. The summed E-state index contributed by atoms with van der Waals surface area (Å²) < 4.78 is 0. The normalized spacial score (nSPS) is 25.1. The summed E-state index contributed by atoms with van der Waals surface area (Å²) >= 11 is 0. The average Bonchev–Trinajstić information content (AvgIpc) is 2.24. The molecule has 0 aromatic rings. The van der Waals surface area contributed by atoms with E-state index < -0.39 is 0 Å². The van der Waals surface area contributed by atoms with Gasteiger partial charge in [-0.25, -0.2) is 0 Å². The van der Waals surface area contributed by atoms with Crippen molar-refractivity contribution in [1.29, 1.82) is 0 Å². The standard InChI is InChI=1S/C9H20N2O.CH5N/c1-8-4-2-3-5-11(8)7-9(12)6-10;1-2/h8-9,12H,2-7,10H2,1H3;2H2,1H3/t8?,9-;/m0./s1. The maximum absolute atomic E-state index is 9.36. The van der Waals surface area contributed by atoms with E-state index in [1.54, 1.807) is 0 Å². The van der Waals surface area contributed by atoms with Crippen molar-refractivity contribution in [3.8, 4) is 0 Å². The Hall–Kier alpha value is -0.160. The fourth-order valence-corrected chi connectivity index (χ4v) is 1.77. The number of hydrogen-bond acceptors (Lipinski definition) is 4. The quantitative estimate of drug-likeness (QED) is 0.591. The summed E-state index contributed by atoms with van der Waals surface area (Å²) in [4.78, 5) is 2.33. The smallest absolute Gasteiger partial charge is 0.0789 e. The second-order valence-electron chi connectivity index (χ2n) is 3.73. The zero-order valence-electron chi connectivity index (χ0n) is 9.45. The van der Waals surface area contributed by atoms with E-state index >= 15 is 0 Å². The molecule has 14 heavy (non-hydrogen) atoms. The van der Waals surface area contributed by atoms with E-state index in [1.165, 1.54) is 26.3 Å². The van der Waals surface area contributed by atoms with Crippen LogP contribution in [0.1, 0.15) is 26.2 Å². The summed E-state index contributed by atoms with van der Waals surface area (Å²) in [5, 5.41) is 9.36. The lowest BCUT2D eigenvalue weighted by atomic mass is 10.0. The van der Waals surface area contributed by atoms with Crippen LogP contribution in [-0.2, 0) is 0 Å². The fraction of sp³-hybridized carbons (Fsp3) is 1.00. The SMILES string of the molecule is CC1CCCCN1C[C@@H](O)CN.CN. The Morgan fingerprint density at radius 1 is 1.43 bits per heavy atom. The predicted molar refractivity (Wildman–Crippen MR) is 60.1 cm³/mol. The molecule has 1 rings (SSSR count). The van der Waals surface area contributed by atoms with Gasteiger partial charge in [0.05, 0.1) is 6.10 Å². The number of aliphatic hydroxyl groups excluding tert-OH is 1. The topological polar surface area (TPSA) is 75.5 Å². The van der Waals surface area contributed by atoms with E-state index in [2.05, 4.69) is 17.6 Å². The van der Waals surface area contributed by atoms with Crippen molar-refractivity contribution in [2.75, 3.05) is 26.7 Å². The van der Waals surface area contributed by atoms with Gasteiger partial charge in [-0.3, -0.25) is 4.90 Å². The Kier molecular flexibility index (Phi) is 8.08. The summed E-state index contributed by atoms with van der Waals surface area (Å²) in [6, 6.07) is 0.625. The summed E-state index contributed by atoms with van der Waals surface area (Å²) in [5.41, 5.74) is 9.86. The van der Waals surface area contributed by atoms with Crippen molar-refractivity contribution in [2.45, 2.75) is 38.3 Å². The van der Waals surface area contributed by atoms with Gasteiger partial charge in [-0.05, 0) is 33.4 Å². The number of hydrogen-bond donors (Lipinski definition) is 3. The highest BCUT2D eigenvalue weighted by molar-refractivity contribution is 4.75.